The Labute approximate surface area is 83.0 Å². The van der Waals surface area contributed by atoms with Crippen LogP contribution in [-0.2, 0) is 4.74 Å². The summed E-state index contributed by atoms with van der Waals surface area (Å²) in [5.41, 5.74) is 6.81. The third-order valence-corrected chi connectivity index (χ3v) is 2.76. The van der Waals surface area contributed by atoms with E-state index in [9.17, 15) is 0 Å². The first kappa shape index (κ1) is 9.33. The van der Waals surface area contributed by atoms with Gasteiger partial charge in [-0.3, -0.25) is 0 Å². The van der Waals surface area contributed by atoms with Gasteiger partial charge in [0.1, 0.15) is 11.6 Å². The normalized spacial score (nSPS) is 18.6. The van der Waals surface area contributed by atoms with Crippen LogP contribution in [0.1, 0.15) is 30.3 Å². The largest absolute Gasteiger partial charge is 0.382 e. The van der Waals surface area contributed by atoms with Crippen LogP contribution in [0.5, 0.6) is 0 Å². The zero-order valence-corrected chi connectivity index (χ0v) is 8.36. The minimum absolute atomic E-state index is 0.409. The Morgan fingerprint density at radius 3 is 2.57 bits per heavy atom. The van der Waals surface area contributed by atoms with Gasteiger partial charge in [0.15, 0.2) is 0 Å². The van der Waals surface area contributed by atoms with E-state index in [4.69, 9.17) is 16.3 Å². The SMILES string of the molecule is Cc1nc(C2CCOCC2)c(N)n1N. The average Bonchev–Trinajstić information content (AvgIpc) is 2.47. The number of aromatic nitrogens is 2. The van der Waals surface area contributed by atoms with E-state index in [-0.39, 0.29) is 0 Å². The van der Waals surface area contributed by atoms with Crippen molar-refractivity contribution in [2.75, 3.05) is 24.8 Å². The summed E-state index contributed by atoms with van der Waals surface area (Å²) in [5, 5.41) is 0. The van der Waals surface area contributed by atoms with E-state index in [1.807, 2.05) is 6.92 Å². The first-order chi connectivity index (χ1) is 6.70. The highest BCUT2D eigenvalue weighted by Gasteiger charge is 2.22. The molecule has 0 bridgehead atoms. The maximum absolute atomic E-state index is 5.87. The molecule has 0 aromatic carbocycles. The van der Waals surface area contributed by atoms with Gasteiger partial charge >= 0.3 is 0 Å². The highest BCUT2D eigenvalue weighted by Crippen LogP contribution is 2.29. The Hall–Kier alpha value is -1.23. The summed E-state index contributed by atoms with van der Waals surface area (Å²) in [6.45, 7) is 3.44. The smallest absolute Gasteiger partial charge is 0.146 e. The highest BCUT2D eigenvalue weighted by atomic mass is 16.5. The van der Waals surface area contributed by atoms with E-state index in [1.165, 1.54) is 4.68 Å². The number of hydrogen-bond donors (Lipinski definition) is 2. The molecule has 1 aromatic heterocycles. The van der Waals surface area contributed by atoms with Crippen molar-refractivity contribution in [3.05, 3.63) is 11.5 Å². The summed E-state index contributed by atoms with van der Waals surface area (Å²) < 4.78 is 6.74. The summed E-state index contributed by atoms with van der Waals surface area (Å²) in [5.74, 6) is 7.48. The van der Waals surface area contributed by atoms with Gasteiger partial charge < -0.3 is 16.3 Å². The molecule has 1 aromatic rings. The second kappa shape index (κ2) is 3.49. The van der Waals surface area contributed by atoms with Crippen molar-refractivity contribution in [3.63, 3.8) is 0 Å². The van der Waals surface area contributed by atoms with Crippen molar-refractivity contribution in [3.8, 4) is 0 Å². The van der Waals surface area contributed by atoms with Gasteiger partial charge in [0, 0.05) is 19.1 Å². The molecule has 0 unspecified atom stereocenters. The van der Waals surface area contributed by atoms with Gasteiger partial charge in [-0.05, 0) is 19.8 Å². The molecular formula is C9H16N4O. The lowest BCUT2D eigenvalue weighted by Gasteiger charge is -2.20. The van der Waals surface area contributed by atoms with E-state index >= 15 is 0 Å². The summed E-state index contributed by atoms with van der Waals surface area (Å²) in [4.78, 5) is 4.39. The van der Waals surface area contributed by atoms with Crippen LogP contribution in [0.25, 0.3) is 0 Å². The van der Waals surface area contributed by atoms with Crippen molar-refractivity contribution in [1.29, 1.82) is 0 Å². The van der Waals surface area contributed by atoms with E-state index in [0.717, 1.165) is 37.6 Å². The van der Waals surface area contributed by atoms with Crippen LogP contribution in [0.3, 0.4) is 0 Å². The molecule has 1 aliphatic heterocycles. The number of ether oxygens (including phenoxy) is 1. The van der Waals surface area contributed by atoms with Gasteiger partial charge in [-0.15, -0.1) is 0 Å². The molecule has 1 fully saturated rings. The molecule has 0 aliphatic carbocycles. The Balaban J connectivity index is 2.26. The van der Waals surface area contributed by atoms with Crippen molar-refractivity contribution < 1.29 is 4.74 Å². The first-order valence-corrected chi connectivity index (χ1v) is 4.87. The molecule has 1 aliphatic rings. The number of hydrogen-bond acceptors (Lipinski definition) is 4. The molecule has 5 nitrogen and oxygen atoms in total. The quantitative estimate of drug-likeness (QED) is 0.636. The lowest BCUT2D eigenvalue weighted by atomic mass is 9.96. The molecule has 14 heavy (non-hydrogen) atoms. The third kappa shape index (κ3) is 1.43. The number of imidazole rings is 1. The first-order valence-electron chi connectivity index (χ1n) is 4.87. The third-order valence-electron chi connectivity index (χ3n) is 2.76. The van der Waals surface area contributed by atoms with E-state index in [0.29, 0.717) is 11.7 Å². The van der Waals surface area contributed by atoms with Crippen LogP contribution in [0, 0.1) is 6.92 Å². The topological polar surface area (TPSA) is 79.1 Å². The van der Waals surface area contributed by atoms with Crippen LogP contribution in [0.4, 0.5) is 5.82 Å². The molecule has 0 radical (unpaired) electrons. The molecule has 4 N–H and O–H groups in total. The predicted molar refractivity (Wildman–Crippen MR) is 54.3 cm³/mol. The molecule has 2 rings (SSSR count). The monoisotopic (exact) mass is 196 g/mol. The molecular weight excluding hydrogens is 180 g/mol. The van der Waals surface area contributed by atoms with Crippen molar-refractivity contribution >= 4 is 5.82 Å². The van der Waals surface area contributed by atoms with Crippen LogP contribution < -0.4 is 11.6 Å². The van der Waals surface area contributed by atoms with Gasteiger partial charge in [-0.1, -0.05) is 0 Å². The molecule has 0 spiro atoms. The molecule has 78 valence electrons. The van der Waals surface area contributed by atoms with Gasteiger partial charge in [0.05, 0.1) is 5.69 Å². The Morgan fingerprint density at radius 1 is 1.43 bits per heavy atom. The number of rotatable bonds is 1. The summed E-state index contributed by atoms with van der Waals surface area (Å²) in [6, 6.07) is 0. The minimum Gasteiger partial charge on any atom is -0.382 e. The number of nitrogens with zero attached hydrogens (tertiary/aromatic N) is 2. The fourth-order valence-corrected chi connectivity index (χ4v) is 1.85. The molecule has 0 atom stereocenters. The second-order valence-electron chi connectivity index (χ2n) is 3.69. The van der Waals surface area contributed by atoms with E-state index in [2.05, 4.69) is 4.98 Å². The summed E-state index contributed by atoms with van der Waals surface area (Å²) in [7, 11) is 0. The lowest BCUT2D eigenvalue weighted by Crippen LogP contribution is -2.17. The zero-order chi connectivity index (χ0) is 10.1. The Bertz CT molecular complexity index is 328. The summed E-state index contributed by atoms with van der Waals surface area (Å²) >= 11 is 0. The maximum atomic E-state index is 5.87. The van der Waals surface area contributed by atoms with Crippen LogP contribution in [-0.4, -0.2) is 22.9 Å². The molecule has 0 saturated carbocycles. The molecule has 0 amide bonds. The average molecular weight is 196 g/mol. The second-order valence-corrected chi connectivity index (χ2v) is 3.69. The maximum Gasteiger partial charge on any atom is 0.146 e. The number of nitrogen functional groups attached to an aromatic ring is 2. The molecule has 1 saturated heterocycles. The van der Waals surface area contributed by atoms with Gasteiger partial charge in [0.25, 0.3) is 0 Å². The van der Waals surface area contributed by atoms with Gasteiger partial charge in [0.2, 0.25) is 0 Å². The van der Waals surface area contributed by atoms with Gasteiger partial charge in [-0.2, -0.15) is 0 Å². The minimum atomic E-state index is 0.409. The lowest BCUT2D eigenvalue weighted by molar-refractivity contribution is 0.0847. The zero-order valence-electron chi connectivity index (χ0n) is 8.36. The standard InChI is InChI=1S/C9H16N4O/c1-6-12-8(9(10)13(6)11)7-2-4-14-5-3-7/h7H,2-5,10-11H2,1H3. The van der Waals surface area contributed by atoms with Crippen molar-refractivity contribution in [1.82, 2.24) is 9.66 Å². The Morgan fingerprint density at radius 2 is 2.07 bits per heavy atom. The predicted octanol–water partition coefficient (Wildman–Crippen LogP) is 0.382. The number of nitrogens with two attached hydrogens (primary N) is 2. The van der Waals surface area contributed by atoms with Gasteiger partial charge in [-0.25, -0.2) is 9.66 Å². The van der Waals surface area contributed by atoms with Crippen LogP contribution in [0.15, 0.2) is 0 Å². The molecule has 5 heteroatoms. The van der Waals surface area contributed by atoms with E-state index < -0.39 is 0 Å². The van der Waals surface area contributed by atoms with Crippen LogP contribution >= 0.6 is 0 Å². The highest BCUT2D eigenvalue weighted by molar-refractivity contribution is 5.40. The number of anilines is 1. The number of aryl methyl sites for hydroxylation is 1. The van der Waals surface area contributed by atoms with Crippen molar-refractivity contribution in [2.24, 2.45) is 0 Å². The Kier molecular flexibility index (Phi) is 2.33. The fourth-order valence-electron chi connectivity index (χ4n) is 1.85. The van der Waals surface area contributed by atoms with E-state index in [1.54, 1.807) is 0 Å². The summed E-state index contributed by atoms with van der Waals surface area (Å²) in [6.07, 6.45) is 1.97. The molecule has 2 heterocycles. The van der Waals surface area contributed by atoms with Crippen molar-refractivity contribution in [2.45, 2.75) is 25.7 Å². The van der Waals surface area contributed by atoms with Crippen LogP contribution in [0.2, 0.25) is 0 Å². The fraction of sp³-hybridized carbons (Fsp3) is 0.667.